The second-order valence-corrected chi connectivity index (χ2v) is 3.03. The minimum atomic E-state index is -0.578. The molecule has 0 aliphatic carbocycles. The zero-order valence-corrected chi connectivity index (χ0v) is 7.71. The number of aryl methyl sites for hydroxylation is 1. The van der Waals surface area contributed by atoms with Crippen molar-refractivity contribution in [2.75, 3.05) is 0 Å². The van der Waals surface area contributed by atoms with Crippen LogP contribution in [0, 0.1) is 28.4 Å². The molecule has 1 aromatic rings. The van der Waals surface area contributed by atoms with Gasteiger partial charge in [0.15, 0.2) is 0 Å². The third kappa shape index (κ3) is 1.79. The average Bonchev–Trinajstić information content (AvgIpc) is 2.02. The van der Waals surface area contributed by atoms with Gasteiger partial charge in [-0.3, -0.25) is 10.1 Å². The molecule has 0 unspecified atom stereocenters. The first kappa shape index (κ1) is 9.55. The highest BCUT2D eigenvalue weighted by Gasteiger charge is 2.16. The fourth-order valence-electron chi connectivity index (χ4n) is 1.01. The van der Waals surface area contributed by atoms with Gasteiger partial charge < -0.3 is 0 Å². The quantitative estimate of drug-likeness (QED) is 0.422. The summed E-state index contributed by atoms with van der Waals surface area (Å²) in [5.41, 5.74) is 0.544. The lowest BCUT2D eigenvalue weighted by atomic mass is 10.1. The Morgan fingerprint density at radius 1 is 1.62 bits per heavy atom. The lowest BCUT2D eigenvalue weighted by molar-refractivity contribution is -0.385. The molecule has 0 atom stereocenters. The molecular formula is C8H6N2O2S. The number of benzene rings is 1. The molecule has 0 aliphatic heterocycles. The minimum absolute atomic E-state index is 0.0129. The Morgan fingerprint density at radius 2 is 2.23 bits per heavy atom. The first-order chi connectivity index (χ1) is 6.06. The largest absolute Gasteiger partial charge is 0.288 e. The molecule has 1 aromatic carbocycles. The summed E-state index contributed by atoms with van der Waals surface area (Å²) in [6.07, 6.45) is 0. The van der Waals surface area contributed by atoms with Crippen LogP contribution in [0.3, 0.4) is 0 Å². The smallest absolute Gasteiger partial charge is 0.258 e. The number of thiol groups is 1. The second kappa shape index (κ2) is 3.46. The molecule has 0 bridgehead atoms. The van der Waals surface area contributed by atoms with E-state index in [1.165, 1.54) is 6.07 Å². The van der Waals surface area contributed by atoms with Crippen molar-refractivity contribution in [2.24, 2.45) is 0 Å². The summed E-state index contributed by atoms with van der Waals surface area (Å²) in [7, 11) is 0. The molecular weight excluding hydrogens is 188 g/mol. The summed E-state index contributed by atoms with van der Waals surface area (Å²) >= 11 is 3.99. The minimum Gasteiger partial charge on any atom is -0.258 e. The Hall–Kier alpha value is -1.54. The van der Waals surface area contributed by atoms with E-state index in [2.05, 4.69) is 12.6 Å². The van der Waals surface area contributed by atoms with Gasteiger partial charge in [0, 0.05) is 11.0 Å². The maximum Gasteiger partial charge on any atom is 0.288 e. The number of nitriles is 1. The van der Waals surface area contributed by atoms with Crippen LogP contribution in [0.25, 0.3) is 0 Å². The molecule has 0 aromatic heterocycles. The predicted molar refractivity (Wildman–Crippen MR) is 49.8 cm³/mol. The van der Waals surface area contributed by atoms with Crippen LogP contribution < -0.4 is 0 Å². The van der Waals surface area contributed by atoms with Crippen LogP contribution in [0.15, 0.2) is 17.0 Å². The number of nitro benzene ring substituents is 1. The van der Waals surface area contributed by atoms with Gasteiger partial charge in [-0.2, -0.15) is 5.26 Å². The van der Waals surface area contributed by atoms with Gasteiger partial charge in [0.25, 0.3) is 5.69 Å². The van der Waals surface area contributed by atoms with Crippen molar-refractivity contribution in [1.29, 1.82) is 5.26 Å². The first-order valence-corrected chi connectivity index (χ1v) is 3.89. The summed E-state index contributed by atoms with van der Waals surface area (Å²) in [5, 5.41) is 19.1. The van der Waals surface area contributed by atoms with Crippen molar-refractivity contribution >= 4 is 18.3 Å². The maximum atomic E-state index is 10.5. The Morgan fingerprint density at radius 3 is 2.69 bits per heavy atom. The fraction of sp³-hybridized carbons (Fsp3) is 0.125. The molecule has 0 fully saturated rings. The van der Waals surface area contributed by atoms with E-state index in [4.69, 9.17) is 5.26 Å². The average molecular weight is 194 g/mol. The van der Waals surface area contributed by atoms with Crippen LogP contribution in [0.2, 0.25) is 0 Å². The lowest BCUT2D eigenvalue weighted by Crippen LogP contribution is -1.94. The molecule has 0 aliphatic rings. The van der Waals surface area contributed by atoms with Crippen LogP contribution in [0.1, 0.15) is 11.1 Å². The fourth-order valence-corrected chi connectivity index (χ4v) is 1.38. The molecule has 5 heteroatoms. The van der Waals surface area contributed by atoms with Gasteiger partial charge >= 0.3 is 0 Å². The number of rotatable bonds is 1. The topological polar surface area (TPSA) is 66.9 Å². The maximum absolute atomic E-state index is 10.5. The molecule has 0 heterocycles. The first-order valence-electron chi connectivity index (χ1n) is 3.44. The van der Waals surface area contributed by atoms with Crippen LogP contribution in [-0.2, 0) is 0 Å². The van der Waals surface area contributed by atoms with Crippen molar-refractivity contribution in [3.05, 3.63) is 33.4 Å². The molecule has 66 valence electrons. The molecule has 0 saturated heterocycles. The van der Waals surface area contributed by atoms with E-state index in [0.29, 0.717) is 4.90 Å². The molecule has 1 rings (SSSR count). The molecule has 13 heavy (non-hydrogen) atoms. The van der Waals surface area contributed by atoms with Crippen LogP contribution in [0.5, 0.6) is 0 Å². The van der Waals surface area contributed by atoms with E-state index in [-0.39, 0.29) is 11.3 Å². The van der Waals surface area contributed by atoms with Crippen LogP contribution >= 0.6 is 12.6 Å². The van der Waals surface area contributed by atoms with Crippen molar-refractivity contribution < 1.29 is 4.92 Å². The summed E-state index contributed by atoms with van der Waals surface area (Å²) in [5.74, 6) is 0. The van der Waals surface area contributed by atoms with Gasteiger partial charge in [-0.15, -0.1) is 12.6 Å². The highest BCUT2D eigenvalue weighted by Crippen LogP contribution is 2.25. The number of nitrogens with zero attached hydrogens (tertiary/aromatic N) is 2. The predicted octanol–water partition coefficient (Wildman–Crippen LogP) is 2.06. The van der Waals surface area contributed by atoms with Gasteiger partial charge in [0.2, 0.25) is 0 Å². The van der Waals surface area contributed by atoms with E-state index in [1.54, 1.807) is 19.1 Å². The summed E-state index contributed by atoms with van der Waals surface area (Å²) in [6.45, 7) is 1.72. The van der Waals surface area contributed by atoms with Crippen molar-refractivity contribution in [2.45, 2.75) is 11.8 Å². The SMILES string of the molecule is Cc1cc(S)c(C#N)c([N+](=O)[O-])c1. The third-order valence-electron chi connectivity index (χ3n) is 1.55. The standard InChI is InChI=1S/C8H6N2O2S/c1-5-2-7(10(11)12)6(4-9)8(13)3-5/h2-3,13H,1H3. The molecule has 0 spiro atoms. The summed E-state index contributed by atoms with van der Waals surface area (Å²) in [6, 6.07) is 4.73. The molecule has 0 radical (unpaired) electrons. The second-order valence-electron chi connectivity index (χ2n) is 2.55. The normalized spacial score (nSPS) is 9.31. The Kier molecular flexibility index (Phi) is 2.54. The Balaban J connectivity index is 3.50. The third-order valence-corrected chi connectivity index (χ3v) is 1.90. The van der Waals surface area contributed by atoms with Gasteiger partial charge in [0.05, 0.1) is 4.92 Å². The Bertz CT molecular complexity index is 409. The van der Waals surface area contributed by atoms with Crippen molar-refractivity contribution in [1.82, 2.24) is 0 Å². The van der Waals surface area contributed by atoms with E-state index in [1.807, 2.05) is 0 Å². The van der Waals surface area contributed by atoms with Gasteiger partial charge in [-0.05, 0) is 18.6 Å². The highest BCUT2D eigenvalue weighted by molar-refractivity contribution is 7.80. The van der Waals surface area contributed by atoms with E-state index in [0.717, 1.165) is 5.56 Å². The van der Waals surface area contributed by atoms with Crippen LogP contribution in [-0.4, -0.2) is 4.92 Å². The van der Waals surface area contributed by atoms with Gasteiger partial charge in [-0.25, -0.2) is 0 Å². The van der Waals surface area contributed by atoms with E-state index in [9.17, 15) is 10.1 Å². The van der Waals surface area contributed by atoms with E-state index >= 15 is 0 Å². The number of hydrogen-bond donors (Lipinski definition) is 1. The van der Waals surface area contributed by atoms with Gasteiger partial charge in [-0.1, -0.05) is 0 Å². The van der Waals surface area contributed by atoms with Crippen LogP contribution in [0.4, 0.5) is 5.69 Å². The summed E-state index contributed by atoms with van der Waals surface area (Å²) in [4.78, 5) is 10.3. The van der Waals surface area contributed by atoms with Gasteiger partial charge in [0.1, 0.15) is 11.6 Å². The monoisotopic (exact) mass is 194 g/mol. The zero-order chi connectivity index (χ0) is 10.0. The summed E-state index contributed by atoms with van der Waals surface area (Å²) < 4.78 is 0. The zero-order valence-electron chi connectivity index (χ0n) is 6.81. The lowest BCUT2D eigenvalue weighted by Gasteiger charge is -1.99. The molecule has 4 nitrogen and oxygen atoms in total. The number of hydrogen-bond acceptors (Lipinski definition) is 4. The number of nitro groups is 1. The highest BCUT2D eigenvalue weighted by atomic mass is 32.1. The van der Waals surface area contributed by atoms with Crippen molar-refractivity contribution in [3.63, 3.8) is 0 Å². The van der Waals surface area contributed by atoms with E-state index < -0.39 is 4.92 Å². The molecule has 0 amide bonds. The molecule has 0 N–H and O–H groups in total. The Labute approximate surface area is 80.4 Å². The molecule has 0 saturated carbocycles. The van der Waals surface area contributed by atoms with Crippen molar-refractivity contribution in [3.8, 4) is 6.07 Å².